The highest BCUT2D eigenvalue weighted by molar-refractivity contribution is 6.25. The Balaban J connectivity index is 0.924. The van der Waals surface area contributed by atoms with E-state index >= 15 is 0 Å². The molecule has 0 aliphatic heterocycles. The van der Waals surface area contributed by atoms with E-state index in [4.69, 9.17) is 0 Å². The standard InChI is InChI=1S/C68H46N2/c1-3-15-47(16-4-1)54-20-11-21-55(45-54)50-37-42-59(43-38-50)69(58-40-35-49(36-41-58)48-31-33-53(34-32-48)62-28-13-19-51-17-7-9-26-61(51)62)60-25-12-22-56(46-60)64-29-14-30-65-68(64)67-63-27-10-8-18-52(63)39-44-66(67)70(65)57-23-5-2-6-24-57/h1-46H. The van der Waals surface area contributed by atoms with Crippen molar-refractivity contribution >= 4 is 60.4 Å². The summed E-state index contributed by atoms with van der Waals surface area (Å²) in [5.74, 6) is 0. The fraction of sp³-hybridized carbons (Fsp3) is 0. The van der Waals surface area contributed by atoms with Crippen LogP contribution >= 0.6 is 0 Å². The van der Waals surface area contributed by atoms with E-state index in [1.165, 1.54) is 93.4 Å². The fourth-order valence-electron chi connectivity index (χ4n) is 10.6. The lowest BCUT2D eigenvalue weighted by molar-refractivity contribution is 1.18. The van der Waals surface area contributed by atoms with Gasteiger partial charge in [0, 0.05) is 33.5 Å². The molecule has 0 atom stereocenters. The van der Waals surface area contributed by atoms with Gasteiger partial charge in [0.1, 0.15) is 0 Å². The largest absolute Gasteiger partial charge is 0.310 e. The Bertz CT molecular complexity index is 4010. The van der Waals surface area contributed by atoms with E-state index < -0.39 is 0 Å². The van der Waals surface area contributed by atoms with Gasteiger partial charge in [-0.1, -0.05) is 212 Å². The lowest BCUT2D eigenvalue weighted by atomic mass is 9.96. The number of hydrogen-bond acceptors (Lipinski definition) is 1. The average molecular weight is 891 g/mol. The Morgan fingerprint density at radius 3 is 1.43 bits per heavy atom. The fourth-order valence-corrected chi connectivity index (χ4v) is 10.6. The molecule has 328 valence electrons. The first-order valence-corrected chi connectivity index (χ1v) is 24.1. The Kier molecular flexibility index (Phi) is 10.2. The van der Waals surface area contributed by atoms with Gasteiger partial charge in [-0.05, 0) is 144 Å². The number of anilines is 3. The van der Waals surface area contributed by atoms with Gasteiger partial charge in [0.05, 0.1) is 11.0 Å². The molecule has 12 aromatic carbocycles. The van der Waals surface area contributed by atoms with Gasteiger partial charge in [0.25, 0.3) is 0 Å². The third-order valence-corrected chi connectivity index (χ3v) is 14.0. The van der Waals surface area contributed by atoms with E-state index in [2.05, 4.69) is 289 Å². The average Bonchev–Trinajstić information content (AvgIpc) is 3.79. The molecule has 0 saturated heterocycles. The van der Waals surface area contributed by atoms with E-state index in [0.29, 0.717) is 0 Å². The number of aromatic nitrogens is 1. The van der Waals surface area contributed by atoms with E-state index in [1.807, 2.05) is 0 Å². The number of hydrogen-bond donors (Lipinski definition) is 0. The lowest BCUT2D eigenvalue weighted by Crippen LogP contribution is -2.10. The Morgan fingerprint density at radius 1 is 0.243 bits per heavy atom. The van der Waals surface area contributed by atoms with Crippen LogP contribution in [0, 0.1) is 0 Å². The highest BCUT2D eigenvalue weighted by Crippen LogP contribution is 2.44. The van der Waals surface area contributed by atoms with Gasteiger partial charge in [0.2, 0.25) is 0 Å². The highest BCUT2D eigenvalue weighted by Gasteiger charge is 2.20. The van der Waals surface area contributed by atoms with Crippen LogP contribution in [0.5, 0.6) is 0 Å². The Labute approximate surface area is 408 Å². The summed E-state index contributed by atoms with van der Waals surface area (Å²) in [5.41, 5.74) is 18.7. The number of benzene rings is 12. The number of fused-ring (bicyclic) bond motifs is 6. The third-order valence-electron chi connectivity index (χ3n) is 14.0. The zero-order chi connectivity index (χ0) is 46.4. The Hall–Kier alpha value is -9.24. The van der Waals surface area contributed by atoms with E-state index in [9.17, 15) is 0 Å². The van der Waals surface area contributed by atoms with Crippen LogP contribution in [0.15, 0.2) is 279 Å². The van der Waals surface area contributed by atoms with E-state index in [-0.39, 0.29) is 0 Å². The van der Waals surface area contributed by atoms with Gasteiger partial charge in [-0.25, -0.2) is 0 Å². The molecule has 13 aromatic rings. The number of para-hydroxylation sites is 1. The summed E-state index contributed by atoms with van der Waals surface area (Å²) in [5, 5.41) is 7.52. The first-order valence-electron chi connectivity index (χ1n) is 24.1. The van der Waals surface area contributed by atoms with Crippen molar-refractivity contribution in [3.05, 3.63) is 279 Å². The van der Waals surface area contributed by atoms with Crippen LogP contribution in [0.1, 0.15) is 0 Å². The molecule has 13 rings (SSSR count). The van der Waals surface area contributed by atoms with Crippen LogP contribution in [-0.4, -0.2) is 4.57 Å². The zero-order valence-electron chi connectivity index (χ0n) is 38.5. The first kappa shape index (κ1) is 41.0. The summed E-state index contributed by atoms with van der Waals surface area (Å²) >= 11 is 0. The van der Waals surface area contributed by atoms with Crippen molar-refractivity contribution in [3.63, 3.8) is 0 Å². The minimum Gasteiger partial charge on any atom is -0.310 e. The Morgan fingerprint density at radius 2 is 0.714 bits per heavy atom. The molecule has 0 amide bonds. The molecule has 70 heavy (non-hydrogen) atoms. The second-order valence-electron chi connectivity index (χ2n) is 18.1. The van der Waals surface area contributed by atoms with E-state index in [1.54, 1.807) is 0 Å². The summed E-state index contributed by atoms with van der Waals surface area (Å²) in [6.45, 7) is 0. The van der Waals surface area contributed by atoms with Crippen molar-refractivity contribution in [3.8, 4) is 61.3 Å². The van der Waals surface area contributed by atoms with Gasteiger partial charge in [0.15, 0.2) is 0 Å². The van der Waals surface area contributed by atoms with Crippen LogP contribution in [-0.2, 0) is 0 Å². The smallest absolute Gasteiger partial charge is 0.0547 e. The molecule has 0 saturated carbocycles. The highest BCUT2D eigenvalue weighted by atomic mass is 15.1. The van der Waals surface area contributed by atoms with E-state index in [0.717, 1.165) is 28.3 Å². The molecule has 0 aliphatic rings. The van der Waals surface area contributed by atoms with Crippen molar-refractivity contribution in [2.75, 3.05) is 4.90 Å². The number of nitrogens with zero attached hydrogens (tertiary/aromatic N) is 2. The van der Waals surface area contributed by atoms with Crippen LogP contribution in [0.25, 0.3) is 105 Å². The minimum atomic E-state index is 1.08. The molecule has 0 bridgehead atoms. The second kappa shape index (κ2) is 17.4. The molecule has 0 spiro atoms. The van der Waals surface area contributed by atoms with Crippen LogP contribution in [0.4, 0.5) is 17.1 Å². The quantitative estimate of drug-likeness (QED) is 0.140. The zero-order valence-corrected chi connectivity index (χ0v) is 38.5. The monoisotopic (exact) mass is 890 g/mol. The molecule has 2 heteroatoms. The molecule has 0 N–H and O–H groups in total. The molecule has 2 nitrogen and oxygen atoms in total. The summed E-state index contributed by atoms with van der Waals surface area (Å²) in [4.78, 5) is 2.39. The maximum atomic E-state index is 2.42. The first-order chi connectivity index (χ1) is 34.7. The van der Waals surface area contributed by atoms with Crippen LogP contribution in [0.2, 0.25) is 0 Å². The summed E-state index contributed by atoms with van der Waals surface area (Å²) in [6, 6.07) is 102. The van der Waals surface area contributed by atoms with Crippen molar-refractivity contribution in [2.45, 2.75) is 0 Å². The summed E-state index contributed by atoms with van der Waals surface area (Å²) < 4.78 is 2.42. The molecular weight excluding hydrogens is 845 g/mol. The summed E-state index contributed by atoms with van der Waals surface area (Å²) in [7, 11) is 0. The molecule has 0 aliphatic carbocycles. The predicted molar refractivity (Wildman–Crippen MR) is 298 cm³/mol. The van der Waals surface area contributed by atoms with Crippen molar-refractivity contribution in [1.82, 2.24) is 4.57 Å². The normalized spacial score (nSPS) is 11.4. The maximum absolute atomic E-state index is 2.42. The maximum Gasteiger partial charge on any atom is 0.0547 e. The topological polar surface area (TPSA) is 8.17 Å². The van der Waals surface area contributed by atoms with Crippen molar-refractivity contribution in [2.24, 2.45) is 0 Å². The molecule has 0 fully saturated rings. The SMILES string of the molecule is c1ccc(-c2cccc(-c3ccc(N(c4ccc(-c5ccc(-c6cccc7ccccc67)cc5)cc4)c4cccc(-c5cccc6c5c5c7ccccc7ccc5n6-c5ccccc5)c4)cc3)c2)cc1. The molecule has 0 unspecified atom stereocenters. The lowest BCUT2D eigenvalue weighted by Gasteiger charge is -2.26. The van der Waals surface area contributed by atoms with Gasteiger partial charge in [-0.15, -0.1) is 0 Å². The van der Waals surface area contributed by atoms with Crippen molar-refractivity contribution < 1.29 is 0 Å². The number of rotatable bonds is 9. The molecule has 0 radical (unpaired) electrons. The van der Waals surface area contributed by atoms with Crippen LogP contribution < -0.4 is 4.90 Å². The van der Waals surface area contributed by atoms with Crippen LogP contribution in [0.3, 0.4) is 0 Å². The van der Waals surface area contributed by atoms with Crippen molar-refractivity contribution in [1.29, 1.82) is 0 Å². The molecular formula is C68H46N2. The van der Waals surface area contributed by atoms with Gasteiger partial charge in [-0.3, -0.25) is 0 Å². The molecule has 1 heterocycles. The van der Waals surface area contributed by atoms with Gasteiger partial charge >= 0.3 is 0 Å². The summed E-state index contributed by atoms with van der Waals surface area (Å²) in [6.07, 6.45) is 0. The molecule has 1 aromatic heterocycles. The second-order valence-corrected chi connectivity index (χ2v) is 18.1. The minimum absolute atomic E-state index is 1.08. The third kappa shape index (κ3) is 7.31. The van der Waals surface area contributed by atoms with Gasteiger partial charge in [-0.2, -0.15) is 0 Å². The predicted octanol–water partition coefficient (Wildman–Crippen LogP) is 18.9. The van der Waals surface area contributed by atoms with Gasteiger partial charge < -0.3 is 9.47 Å².